The molecule has 2 aromatic rings. The molecule has 1 saturated heterocycles. The van der Waals surface area contributed by atoms with Gasteiger partial charge in [-0.3, -0.25) is 14.7 Å². The van der Waals surface area contributed by atoms with E-state index in [-0.39, 0.29) is 11.7 Å². The molecule has 2 aliphatic heterocycles. The summed E-state index contributed by atoms with van der Waals surface area (Å²) in [6.45, 7) is 2.94. The monoisotopic (exact) mass is 341 g/mol. The first-order valence-corrected chi connectivity index (χ1v) is 8.56. The summed E-state index contributed by atoms with van der Waals surface area (Å²) in [5.41, 5.74) is 2.37. The van der Waals surface area contributed by atoms with E-state index in [0.717, 1.165) is 17.7 Å². The average molecular weight is 341 g/mol. The molecular weight excluding hydrogens is 321 g/mol. The lowest BCUT2D eigenvalue weighted by atomic mass is 10.0. The number of anilines is 1. The lowest BCUT2D eigenvalue weighted by Gasteiger charge is -2.36. The fraction of sp³-hybridized carbons (Fsp3) is 0.368. The zero-order chi connectivity index (χ0) is 17.2. The molecule has 0 spiro atoms. The summed E-state index contributed by atoms with van der Waals surface area (Å²) < 4.78 is 19.9. The van der Waals surface area contributed by atoms with Gasteiger partial charge in [0, 0.05) is 37.6 Å². The van der Waals surface area contributed by atoms with Crippen LogP contribution >= 0.6 is 0 Å². The van der Waals surface area contributed by atoms with Crippen LogP contribution in [0.4, 0.5) is 10.1 Å². The number of ether oxygens (including phenoxy) is 1. The smallest absolute Gasteiger partial charge is 0.249 e. The van der Waals surface area contributed by atoms with Crippen LogP contribution in [0.25, 0.3) is 0 Å². The van der Waals surface area contributed by atoms with E-state index in [9.17, 15) is 9.18 Å². The second-order valence-electron chi connectivity index (χ2n) is 6.32. The summed E-state index contributed by atoms with van der Waals surface area (Å²) in [5.74, 6) is -0.432. The van der Waals surface area contributed by atoms with Crippen LogP contribution in [-0.2, 0) is 16.0 Å². The Hall–Kier alpha value is -2.31. The summed E-state index contributed by atoms with van der Waals surface area (Å²) >= 11 is 0. The molecule has 25 heavy (non-hydrogen) atoms. The molecule has 0 aliphatic carbocycles. The summed E-state index contributed by atoms with van der Waals surface area (Å²) in [7, 11) is 0. The van der Waals surface area contributed by atoms with Crippen LogP contribution in [0.5, 0.6) is 0 Å². The number of pyridine rings is 1. The molecular formula is C19H20FN3O2. The van der Waals surface area contributed by atoms with Crippen molar-refractivity contribution < 1.29 is 13.9 Å². The number of halogens is 1. The lowest BCUT2D eigenvalue weighted by molar-refractivity contribution is -0.125. The van der Waals surface area contributed by atoms with Gasteiger partial charge in [-0.15, -0.1) is 0 Å². The van der Waals surface area contributed by atoms with Gasteiger partial charge in [-0.2, -0.15) is 0 Å². The second-order valence-corrected chi connectivity index (χ2v) is 6.32. The highest BCUT2D eigenvalue weighted by molar-refractivity contribution is 5.99. The number of morpholine rings is 1. The number of aromatic nitrogens is 1. The van der Waals surface area contributed by atoms with Gasteiger partial charge in [-0.25, -0.2) is 4.39 Å². The first-order chi connectivity index (χ1) is 12.3. The van der Waals surface area contributed by atoms with E-state index in [0.29, 0.717) is 38.4 Å². The number of rotatable bonds is 3. The Bertz CT molecular complexity index is 777. The highest BCUT2D eigenvalue weighted by Gasteiger charge is 2.36. The minimum atomic E-state index is -0.635. The van der Waals surface area contributed by atoms with Gasteiger partial charge in [0.1, 0.15) is 11.9 Å². The first-order valence-electron chi connectivity index (χ1n) is 8.56. The van der Waals surface area contributed by atoms with Gasteiger partial charge in [0.15, 0.2) is 0 Å². The van der Waals surface area contributed by atoms with Crippen LogP contribution in [0.3, 0.4) is 0 Å². The van der Waals surface area contributed by atoms with Crippen molar-refractivity contribution in [1.82, 2.24) is 9.88 Å². The molecule has 1 aromatic carbocycles. The molecule has 1 aromatic heterocycles. The average Bonchev–Trinajstić information content (AvgIpc) is 3.08. The molecule has 1 unspecified atom stereocenters. The van der Waals surface area contributed by atoms with Crippen LogP contribution in [0.1, 0.15) is 17.2 Å². The van der Waals surface area contributed by atoms with Crippen LogP contribution in [-0.4, -0.2) is 48.6 Å². The van der Waals surface area contributed by atoms with E-state index in [1.807, 2.05) is 11.0 Å². The van der Waals surface area contributed by atoms with Crippen LogP contribution in [0, 0.1) is 5.82 Å². The van der Waals surface area contributed by atoms with Crippen molar-refractivity contribution in [2.45, 2.75) is 12.5 Å². The van der Waals surface area contributed by atoms with Crippen molar-refractivity contribution in [2.24, 2.45) is 0 Å². The molecule has 4 rings (SSSR count). The quantitative estimate of drug-likeness (QED) is 0.858. The molecule has 0 radical (unpaired) electrons. The van der Waals surface area contributed by atoms with Crippen molar-refractivity contribution in [3.8, 4) is 0 Å². The van der Waals surface area contributed by atoms with Gasteiger partial charge in [0.25, 0.3) is 0 Å². The van der Waals surface area contributed by atoms with E-state index in [4.69, 9.17) is 4.74 Å². The zero-order valence-electron chi connectivity index (χ0n) is 13.9. The maximum absolute atomic E-state index is 14.5. The molecule has 2 aliphatic rings. The second kappa shape index (κ2) is 6.90. The molecule has 1 atom stereocenters. The Kier molecular flexibility index (Phi) is 4.46. The highest BCUT2D eigenvalue weighted by atomic mass is 19.1. The van der Waals surface area contributed by atoms with Gasteiger partial charge in [-0.05, 0) is 24.1 Å². The number of hydrogen-bond acceptors (Lipinski definition) is 4. The van der Waals surface area contributed by atoms with Gasteiger partial charge in [0.05, 0.1) is 18.9 Å². The third kappa shape index (κ3) is 3.03. The van der Waals surface area contributed by atoms with E-state index >= 15 is 0 Å². The largest absolute Gasteiger partial charge is 0.379 e. The minimum absolute atomic E-state index is 0.0862. The standard InChI is InChI=1S/C19H20FN3O2/c20-16-4-2-1-3-15(16)18(22-9-11-25-12-10-22)19(24)23-8-6-14-13-21-7-5-17(14)23/h1-5,7,13,18H,6,8-12H2. The third-order valence-electron chi connectivity index (χ3n) is 4.88. The number of nitrogens with zero attached hydrogens (tertiary/aromatic N) is 3. The van der Waals surface area contributed by atoms with Gasteiger partial charge < -0.3 is 9.64 Å². The predicted molar refractivity (Wildman–Crippen MR) is 91.8 cm³/mol. The van der Waals surface area contributed by atoms with Crippen molar-refractivity contribution in [3.05, 3.63) is 59.7 Å². The van der Waals surface area contributed by atoms with E-state index in [1.54, 1.807) is 35.5 Å². The van der Waals surface area contributed by atoms with E-state index in [2.05, 4.69) is 4.98 Å². The molecule has 5 nitrogen and oxygen atoms in total. The Morgan fingerprint density at radius 2 is 1.96 bits per heavy atom. The minimum Gasteiger partial charge on any atom is -0.379 e. The molecule has 130 valence electrons. The number of carbonyl (C=O) groups excluding carboxylic acids is 1. The number of amides is 1. The Morgan fingerprint density at radius 3 is 2.76 bits per heavy atom. The van der Waals surface area contributed by atoms with Gasteiger partial charge in [0.2, 0.25) is 5.91 Å². The molecule has 6 heteroatoms. The molecule has 0 N–H and O–H groups in total. The SMILES string of the molecule is O=C(C(c1ccccc1F)N1CCOCC1)N1CCc2cnccc21. The summed E-state index contributed by atoms with van der Waals surface area (Å²) in [4.78, 5) is 21.3. The molecule has 1 amide bonds. The number of hydrogen-bond donors (Lipinski definition) is 0. The fourth-order valence-corrected chi connectivity index (χ4v) is 3.62. The van der Waals surface area contributed by atoms with Crippen LogP contribution in [0.15, 0.2) is 42.7 Å². The van der Waals surface area contributed by atoms with Crippen molar-refractivity contribution in [1.29, 1.82) is 0 Å². The molecule has 0 bridgehead atoms. The van der Waals surface area contributed by atoms with Gasteiger partial charge >= 0.3 is 0 Å². The summed E-state index contributed by atoms with van der Waals surface area (Å²) in [6, 6.07) is 7.77. The predicted octanol–water partition coefficient (Wildman–Crippen LogP) is 2.18. The Labute approximate surface area is 146 Å². The molecule has 1 fully saturated rings. The lowest BCUT2D eigenvalue weighted by Crippen LogP contribution is -2.47. The fourth-order valence-electron chi connectivity index (χ4n) is 3.62. The Morgan fingerprint density at radius 1 is 1.16 bits per heavy atom. The van der Waals surface area contributed by atoms with Crippen molar-refractivity contribution in [3.63, 3.8) is 0 Å². The first kappa shape index (κ1) is 16.2. The van der Waals surface area contributed by atoms with Crippen LogP contribution < -0.4 is 4.90 Å². The van der Waals surface area contributed by atoms with E-state index < -0.39 is 6.04 Å². The molecule has 3 heterocycles. The number of carbonyl (C=O) groups is 1. The third-order valence-corrected chi connectivity index (χ3v) is 4.88. The highest BCUT2D eigenvalue weighted by Crippen LogP contribution is 2.33. The zero-order valence-corrected chi connectivity index (χ0v) is 13.9. The summed E-state index contributed by atoms with van der Waals surface area (Å²) in [6.07, 6.45) is 4.27. The topological polar surface area (TPSA) is 45.7 Å². The number of fused-ring (bicyclic) bond motifs is 1. The van der Waals surface area contributed by atoms with Crippen molar-refractivity contribution >= 4 is 11.6 Å². The maximum Gasteiger partial charge on any atom is 0.249 e. The normalized spacial score (nSPS) is 18.8. The van der Waals surface area contributed by atoms with E-state index in [1.165, 1.54) is 6.07 Å². The molecule has 0 saturated carbocycles. The van der Waals surface area contributed by atoms with Crippen molar-refractivity contribution in [2.75, 3.05) is 37.7 Å². The maximum atomic E-state index is 14.5. The Balaban J connectivity index is 1.71. The van der Waals surface area contributed by atoms with Gasteiger partial charge in [-0.1, -0.05) is 18.2 Å². The summed E-state index contributed by atoms with van der Waals surface area (Å²) in [5, 5.41) is 0. The van der Waals surface area contributed by atoms with Crippen LogP contribution in [0.2, 0.25) is 0 Å². The number of benzene rings is 1.